The number of benzene rings is 1. The van der Waals surface area contributed by atoms with E-state index in [4.69, 9.17) is 9.47 Å². The van der Waals surface area contributed by atoms with Gasteiger partial charge >= 0.3 is 5.97 Å². The van der Waals surface area contributed by atoms with E-state index in [1.807, 2.05) is 45.9 Å². The molecule has 5 heteroatoms. The fraction of sp³-hybridized carbons (Fsp3) is 0.588. The molecule has 0 aromatic heterocycles. The molecule has 0 spiro atoms. The first kappa shape index (κ1) is 18.3. The highest BCUT2D eigenvalue weighted by atomic mass is 16.5. The van der Waals surface area contributed by atoms with Gasteiger partial charge in [0.1, 0.15) is 6.04 Å². The van der Waals surface area contributed by atoms with E-state index in [9.17, 15) is 9.90 Å². The molecule has 1 aromatic carbocycles. The maximum Gasteiger partial charge on any atom is 0.320 e. The Hall–Kier alpha value is -1.75. The second kappa shape index (κ2) is 8.63. The highest BCUT2D eigenvalue weighted by Gasteiger charge is 2.18. The van der Waals surface area contributed by atoms with Gasteiger partial charge in [-0.25, -0.2) is 0 Å². The van der Waals surface area contributed by atoms with Gasteiger partial charge in [0.25, 0.3) is 0 Å². The summed E-state index contributed by atoms with van der Waals surface area (Å²) >= 11 is 0. The van der Waals surface area contributed by atoms with Crippen molar-refractivity contribution >= 4 is 5.97 Å². The average Bonchev–Trinajstić information content (AvgIpc) is 2.43. The summed E-state index contributed by atoms with van der Waals surface area (Å²) < 4.78 is 11.0. The zero-order chi connectivity index (χ0) is 16.7. The lowest BCUT2D eigenvalue weighted by molar-refractivity contribution is -0.140. The van der Waals surface area contributed by atoms with E-state index in [1.165, 1.54) is 0 Å². The predicted molar refractivity (Wildman–Crippen MR) is 86.5 cm³/mol. The van der Waals surface area contributed by atoms with Crippen LogP contribution in [0.5, 0.6) is 11.5 Å². The number of hydrogen-bond donors (Lipinski definition) is 2. The molecule has 5 nitrogen and oxygen atoms in total. The summed E-state index contributed by atoms with van der Waals surface area (Å²) in [4.78, 5) is 11.2. The van der Waals surface area contributed by atoms with Crippen LogP contribution in [0.3, 0.4) is 0 Å². The van der Waals surface area contributed by atoms with Crippen molar-refractivity contribution in [1.29, 1.82) is 0 Å². The molecule has 0 fully saturated rings. The molecule has 0 amide bonds. The number of carboxylic acids is 1. The van der Waals surface area contributed by atoms with Crippen molar-refractivity contribution in [3.05, 3.63) is 23.8 Å². The molecular formula is C17H27NO4. The minimum atomic E-state index is -0.819. The number of carboxylic acid groups (broad SMARTS) is 1. The molecule has 0 saturated heterocycles. The number of nitrogens with one attached hydrogen (secondary N) is 1. The molecule has 0 heterocycles. The second-order valence-corrected chi connectivity index (χ2v) is 6.05. The van der Waals surface area contributed by atoms with Crippen molar-refractivity contribution in [1.82, 2.24) is 5.32 Å². The molecule has 1 atom stereocenters. The van der Waals surface area contributed by atoms with Crippen LogP contribution in [-0.4, -0.2) is 30.3 Å². The summed E-state index contributed by atoms with van der Waals surface area (Å²) in [7, 11) is 1.60. The van der Waals surface area contributed by atoms with Gasteiger partial charge in [0.05, 0.1) is 13.2 Å². The molecule has 0 radical (unpaired) electrons. The van der Waals surface area contributed by atoms with Gasteiger partial charge in [0.2, 0.25) is 0 Å². The predicted octanol–water partition coefficient (Wildman–Crippen LogP) is 3.07. The van der Waals surface area contributed by atoms with Gasteiger partial charge in [0.15, 0.2) is 11.5 Å². The third kappa shape index (κ3) is 5.93. The number of hydrogen-bond acceptors (Lipinski definition) is 4. The van der Waals surface area contributed by atoms with Crippen molar-refractivity contribution in [2.75, 3.05) is 7.11 Å². The van der Waals surface area contributed by atoms with Gasteiger partial charge in [-0.1, -0.05) is 19.9 Å². The summed E-state index contributed by atoms with van der Waals surface area (Å²) in [6.45, 7) is 8.41. The summed E-state index contributed by atoms with van der Waals surface area (Å²) in [6, 6.07) is 5.10. The van der Waals surface area contributed by atoms with Gasteiger partial charge in [-0.2, -0.15) is 0 Å². The van der Waals surface area contributed by atoms with E-state index in [2.05, 4.69) is 5.32 Å². The molecule has 124 valence electrons. The maximum absolute atomic E-state index is 11.2. The van der Waals surface area contributed by atoms with Gasteiger partial charge in [-0.15, -0.1) is 0 Å². The number of aliphatic carboxylic acids is 1. The first-order valence-electron chi connectivity index (χ1n) is 7.63. The van der Waals surface area contributed by atoms with Gasteiger partial charge in [0, 0.05) is 6.54 Å². The zero-order valence-electron chi connectivity index (χ0n) is 14.1. The fourth-order valence-corrected chi connectivity index (χ4v) is 2.16. The number of carbonyl (C=O) groups is 1. The summed E-state index contributed by atoms with van der Waals surface area (Å²) in [6.07, 6.45) is 0.668. The van der Waals surface area contributed by atoms with Gasteiger partial charge in [-0.3, -0.25) is 4.79 Å². The van der Waals surface area contributed by atoms with Crippen molar-refractivity contribution < 1.29 is 19.4 Å². The van der Waals surface area contributed by atoms with Crippen LogP contribution in [0.15, 0.2) is 18.2 Å². The Bertz CT molecular complexity index is 486. The molecule has 1 unspecified atom stereocenters. The van der Waals surface area contributed by atoms with E-state index in [-0.39, 0.29) is 6.10 Å². The van der Waals surface area contributed by atoms with E-state index in [0.717, 1.165) is 5.56 Å². The number of ether oxygens (including phenoxy) is 2. The van der Waals surface area contributed by atoms with E-state index >= 15 is 0 Å². The Morgan fingerprint density at radius 2 is 1.91 bits per heavy atom. The first-order chi connectivity index (χ1) is 10.3. The standard InChI is InChI=1S/C17H27NO4/c1-11(2)8-14(17(19)20)18-10-13-6-7-15(22-12(3)4)16(9-13)21-5/h6-7,9,11-12,14,18H,8,10H2,1-5H3,(H,19,20). The van der Waals surface area contributed by atoms with Crippen LogP contribution in [0.2, 0.25) is 0 Å². The number of rotatable bonds is 9. The Kier molecular flexibility index (Phi) is 7.18. The summed E-state index contributed by atoms with van der Waals surface area (Å²) in [5.41, 5.74) is 0.961. The zero-order valence-corrected chi connectivity index (χ0v) is 14.1. The topological polar surface area (TPSA) is 67.8 Å². The molecular weight excluding hydrogens is 282 g/mol. The third-order valence-electron chi connectivity index (χ3n) is 3.15. The molecule has 22 heavy (non-hydrogen) atoms. The molecule has 0 aliphatic heterocycles. The third-order valence-corrected chi connectivity index (χ3v) is 3.15. The van der Waals surface area contributed by atoms with Crippen LogP contribution in [0.25, 0.3) is 0 Å². The normalized spacial score (nSPS) is 12.5. The number of methoxy groups -OCH3 is 1. The molecule has 0 aliphatic carbocycles. The largest absolute Gasteiger partial charge is 0.493 e. The van der Waals surface area contributed by atoms with Crippen molar-refractivity contribution in [2.24, 2.45) is 5.92 Å². The Morgan fingerprint density at radius 3 is 2.41 bits per heavy atom. The highest BCUT2D eigenvalue weighted by Crippen LogP contribution is 2.29. The monoisotopic (exact) mass is 309 g/mol. The van der Waals surface area contributed by atoms with Crippen LogP contribution >= 0.6 is 0 Å². The molecule has 0 bridgehead atoms. The van der Waals surface area contributed by atoms with Gasteiger partial charge < -0.3 is 19.9 Å². The SMILES string of the molecule is COc1cc(CNC(CC(C)C)C(=O)O)ccc1OC(C)C. The molecule has 1 aromatic rings. The average molecular weight is 309 g/mol. The Morgan fingerprint density at radius 1 is 1.23 bits per heavy atom. The van der Waals surface area contributed by atoms with Crippen LogP contribution in [0, 0.1) is 5.92 Å². The first-order valence-corrected chi connectivity index (χ1v) is 7.63. The Labute approximate surface area is 132 Å². The lowest BCUT2D eigenvalue weighted by Crippen LogP contribution is -2.37. The summed E-state index contributed by atoms with van der Waals surface area (Å²) in [5, 5.41) is 12.3. The van der Waals surface area contributed by atoms with Crippen LogP contribution in [0.1, 0.15) is 39.7 Å². The van der Waals surface area contributed by atoms with E-state index in [0.29, 0.717) is 30.4 Å². The van der Waals surface area contributed by atoms with Crippen LogP contribution in [0.4, 0.5) is 0 Å². The minimum absolute atomic E-state index is 0.0697. The minimum Gasteiger partial charge on any atom is -0.493 e. The summed E-state index contributed by atoms with van der Waals surface area (Å²) in [5.74, 6) is 0.854. The smallest absolute Gasteiger partial charge is 0.320 e. The van der Waals surface area contributed by atoms with E-state index in [1.54, 1.807) is 7.11 Å². The lowest BCUT2D eigenvalue weighted by Gasteiger charge is -2.18. The maximum atomic E-state index is 11.2. The lowest BCUT2D eigenvalue weighted by atomic mass is 10.0. The quantitative estimate of drug-likeness (QED) is 0.734. The van der Waals surface area contributed by atoms with E-state index < -0.39 is 12.0 Å². The highest BCUT2D eigenvalue weighted by molar-refractivity contribution is 5.73. The molecule has 1 rings (SSSR count). The fourth-order valence-electron chi connectivity index (χ4n) is 2.16. The van der Waals surface area contributed by atoms with Gasteiger partial charge in [-0.05, 0) is 43.9 Å². The van der Waals surface area contributed by atoms with Crippen LogP contribution < -0.4 is 14.8 Å². The molecule has 0 aliphatic rings. The van der Waals surface area contributed by atoms with Crippen molar-refractivity contribution in [3.63, 3.8) is 0 Å². The molecule has 2 N–H and O–H groups in total. The van der Waals surface area contributed by atoms with Crippen LogP contribution in [-0.2, 0) is 11.3 Å². The second-order valence-electron chi connectivity index (χ2n) is 6.05. The Balaban J connectivity index is 2.74. The molecule has 0 saturated carbocycles. The van der Waals surface area contributed by atoms with Crippen molar-refractivity contribution in [3.8, 4) is 11.5 Å². The van der Waals surface area contributed by atoms with Crippen molar-refractivity contribution in [2.45, 2.75) is 52.8 Å².